The predicted molar refractivity (Wildman–Crippen MR) is 72.3 cm³/mol. The highest BCUT2D eigenvalue weighted by Gasteiger charge is 2.06. The van der Waals surface area contributed by atoms with Crippen molar-refractivity contribution >= 4 is 37.7 Å². The largest absolute Gasteiger partial charge is 0.359 e. The zero-order chi connectivity index (χ0) is 11.3. The van der Waals surface area contributed by atoms with Gasteiger partial charge >= 0.3 is 0 Å². The summed E-state index contributed by atoms with van der Waals surface area (Å²) in [4.78, 5) is 6.50. The molecule has 0 bridgehead atoms. The van der Waals surface area contributed by atoms with Crippen molar-refractivity contribution in [3.8, 4) is 0 Å². The Hall–Kier alpha value is -0.350. The zero-order valence-electron chi connectivity index (χ0n) is 8.71. The highest BCUT2D eigenvalue weighted by atomic mass is 79.9. The summed E-state index contributed by atoms with van der Waals surface area (Å²) in [5, 5.41) is 0. The molecule has 0 unspecified atom stereocenters. The molecule has 0 atom stereocenters. The van der Waals surface area contributed by atoms with E-state index in [1.807, 2.05) is 25.4 Å². The van der Waals surface area contributed by atoms with Gasteiger partial charge in [0.25, 0.3) is 0 Å². The number of nitrogens with zero attached hydrogens (tertiary/aromatic N) is 2. The monoisotopic (exact) mass is 332 g/mol. The van der Waals surface area contributed by atoms with Crippen molar-refractivity contribution in [2.24, 2.45) is 0 Å². The molecule has 4 heteroatoms. The Morgan fingerprint density at radius 1 is 1.53 bits per heavy atom. The van der Waals surface area contributed by atoms with Crippen molar-refractivity contribution in [2.45, 2.75) is 12.8 Å². The van der Waals surface area contributed by atoms with Gasteiger partial charge in [-0.2, -0.15) is 0 Å². The number of aromatic nitrogens is 1. The van der Waals surface area contributed by atoms with Gasteiger partial charge in [-0.15, -0.1) is 6.58 Å². The summed E-state index contributed by atoms with van der Waals surface area (Å²) < 4.78 is 2.00. The fourth-order valence-electron chi connectivity index (χ4n) is 1.27. The number of unbranched alkanes of at least 4 members (excludes halogenated alkanes) is 1. The molecule has 0 aliphatic carbocycles. The molecule has 0 amide bonds. The average Bonchev–Trinajstić information content (AvgIpc) is 2.17. The Balaban J connectivity index is 2.64. The predicted octanol–water partition coefficient (Wildman–Crippen LogP) is 4.01. The van der Waals surface area contributed by atoms with Gasteiger partial charge in [0.2, 0.25) is 0 Å². The van der Waals surface area contributed by atoms with Gasteiger partial charge in [-0.05, 0) is 50.8 Å². The first-order valence-corrected chi connectivity index (χ1v) is 6.37. The van der Waals surface area contributed by atoms with Crippen LogP contribution in [-0.4, -0.2) is 18.6 Å². The molecule has 2 nitrogen and oxygen atoms in total. The Labute approximate surface area is 108 Å². The summed E-state index contributed by atoms with van der Waals surface area (Å²) in [6.45, 7) is 4.70. The molecule has 1 rings (SSSR count). The normalized spacial score (nSPS) is 10.1. The first-order chi connectivity index (χ1) is 7.15. The minimum absolute atomic E-state index is 0.974. The van der Waals surface area contributed by atoms with Crippen LogP contribution in [0.15, 0.2) is 33.9 Å². The quantitative estimate of drug-likeness (QED) is 0.598. The molecular weight excluding hydrogens is 320 g/mol. The Morgan fingerprint density at radius 2 is 2.27 bits per heavy atom. The van der Waals surface area contributed by atoms with Crippen molar-refractivity contribution in [2.75, 3.05) is 18.5 Å². The molecule has 0 spiro atoms. The number of halogens is 2. The summed E-state index contributed by atoms with van der Waals surface area (Å²) in [5.74, 6) is 0.974. The van der Waals surface area contributed by atoms with E-state index in [1.165, 1.54) is 0 Å². The number of rotatable bonds is 5. The van der Waals surface area contributed by atoms with Crippen LogP contribution in [0.25, 0.3) is 0 Å². The number of pyridine rings is 1. The second-order valence-corrected chi connectivity index (χ2v) is 5.08. The lowest BCUT2D eigenvalue weighted by Gasteiger charge is -2.19. The minimum Gasteiger partial charge on any atom is -0.359 e. The van der Waals surface area contributed by atoms with Crippen LogP contribution in [-0.2, 0) is 0 Å². The number of hydrogen-bond donors (Lipinski definition) is 0. The van der Waals surface area contributed by atoms with E-state index in [-0.39, 0.29) is 0 Å². The molecule has 0 saturated heterocycles. The van der Waals surface area contributed by atoms with E-state index in [1.54, 1.807) is 0 Å². The van der Waals surface area contributed by atoms with Gasteiger partial charge in [0.15, 0.2) is 0 Å². The lowest BCUT2D eigenvalue weighted by atomic mass is 10.3. The highest BCUT2D eigenvalue weighted by Crippen LogP contribution is 2.25. The van der Waals surface area contributed by atoms with Crippen molar-refractivity contribution in [1.82, 2.24) is 4.98 Å². The van der Waals surface area contributed by atoms with Crippen LogP contribution in [0, 0.1) is 0 Å². The second kappa shape index (κ2) is 6.28. The molecule has 1 aromatic rings. The topological polar surface area (TPSA) is 16.1 Å². The molecule has 0 aliphatic heterocycles. The maximum Gasteiger partial charge on any atom is 0.142 e. The van der Waals surface area contributed by atoms with E-state index in [9.17, 15) is 0 Å². The summed E-state index contributed by atoms with van der Waals surface area (Å²) >= 11 is 6.89. The lowest BCUT2D eigenvalue weighted by Crippen LogP contribution is -2.19. The van der Waals surface area contributed by atoms with Gasteiger partial charge in [0.05, 0.1) is 4.47 Å². The molecule has 0 fully saturated rings. The molecule has 0 saturated carbocycles. The van der Waals surface area contributed by atoms with E-state index < -0.39 is 0 Å². The van der Waals surface area contributed by atoms with E-state index in [2.05, 4.69) is 48.3 Å². The van der Waals surface area contributed by atoms with Crippen LogP contribution < -0.4 is 4.90 Å². The molecular formula is C11H14Br2N2. The van der Waals surface area contributed by atoms with E-state index in [4.69, 9.17) is 0 Å². The van der Waals surface area contributed by atoms with E-state index in [0.717, 1.165) is 34.1 Å². The first kappa shape index (κ1) is 12.7. The number of anilines is 1. The van der Waals surface area contributed by atoms with Gasteiger partial charge in [-0.3, -0.25) is 0 Å². The molecule has 1 heterocycles. The molecule has 82 valence electrons. The lowest BCUT2D eigenvalue weighted by molar-refractivity contribution is 0.790. The van der Waals surface area contributed by atoms with Gasteiger partial charge in [-0.1, -0.05) is 6.08 Å². The van der Waals surface area contributed by atoms with Crippen LogP contribution in [0.4, 0.5) is 5.82 Å². The third kappa shape index (κ3) is 3.95. The summed E-state index contributed by atoms with van der Waals surface area (Å²) in [6, 6.07) is 2.01. The second-order valence-electron chi connectivity index (χ2n) is 3.31. The maximum atomic E-state index is 4.36. The third-order valence-corrected chi connectivity index (χ3v) is 3.07. The third-order valence-electron chi connectivity index (χ3n) is 2.05. The Bertz CT molecular complexity index is 339. The van der Waals surface area contributed by atoms with E-state index in [0.29, 0.717) is 0 Å². The molecule has 1 aromatic heterocycles. The van der Waals surface area contributed by atoms with Gasteiger partial charge in [0.1, 0.15) is 5.82 Å². The fourth-order valence-corrected chi connectivity index (χ4v) is 2.56. The van der Waals surface area contributed by atoms with Crippen LogP contribution in [0.3, 0.4) is 0 Å². The van der Waals surface area contributed by atoms with E-state index >= 15 is 0 Å². The van der Waals surface area contributed by atoms with Crippen LogP contribution in [0.1, 0.15) is 12.8 Å². The molecule has 0 aromatic carbocycles. The smallest absolute Gasteiger partial charge is 0.142 e. The van der Waals surface area contributed by atoms with Crippen molar-refractivity contribution in [3.05, 3.63) is 33.9 Å². The fraction of sp³-hybridized carbons (Fsp3) is 0.364. The van der Waals surface area contributed by atoms with Gasteiger partial charge in [-0.25, -0.2) is 4.98 Å². The SMILES string of the molecule is C=CCCCN(C)c1ncc(Br)cc1Br. The summed E-state index contributed by atoms with van der Waals surface area (Å²) in [5.41, 5.74) is 0. The van der Waals surface area contributed by atoms with Crippen LogP contribution >= 0.6 is 31.9 Å². The van der Waals surface area contributed by atoms with Crippen molar-refractivity contribution < 1.29 is 0 Å². The molecule has 0 aliphatic rings. The first-order valence-electron chi connectivity index (χ1n) is 4.78. The number of hydrogen-bond acceptors (Lipinski definition) is 2. The number of allylic oxidation sites excluding steroid dienone is 1. The molecule has 0 radical (unpaired) electrons. The van der Waals surface area contributed by atoms with Crippen LogP contribution in [0.2, 0.25) is 0 Å². The van der Waals surface area contributed by atoms with Gasteiger partial charge < -0.3 is 4.90 Å². The Morgan fingerprint density at radius 3 is 2.87 bits per heavy atom. The standard InChI is InChI=1S/C11H14Br2N2/c1-3-4-5-6-15(2)11-10(13)7-9(12)8-14-11/h3,7-8H,1,4-6H2,2H3. The van der Waals surface area contributed by atoms with Crippen molar-refractivity contribution in [1.29, 1.82) is 0 Å². The molecule has 0 N–H and O–H groups in total. The molecule has 15 heavy (non-hydrogen) atoms. The Kier molecular flexibility index (Phi) is 5.32. The minimum atomic E-state index is 0.974. The summed E-state index contributed by atoms with van der Waals surface area (Å²) in [6.07, 6.45) is 5.89. The maximum absolute atomic E-state index is 4.36. The zero-order valence-corrected chi connectivity index (χ0v) is 11.9. The summed E-state index contributed by atoms with van der Waals surface area (Å²) in [7, 11) is 2.05. The van der Waals surface area contributed by atoms with Crippen molar-refractivity contribution in [3.63, 3.8) is 0 Å². The average molecular weight is 334 g/mol. The van der Waals surface area contributed by atoms with Gasteiger partial charge in [0, 0.05) is 24.3 Å². The highest BCUT2D eigenvalue weighted by molar-refractivity contribution is 9.11. The van der Waals surface area contributed by atoms with Crippen LogP contribution in [0.5, 0.6) is 0 Å².